The van der Waals surface area contributed by atoms with Gasteiger partial charge in [-0.2, -0.15) is 0 Å². The number of nitrogens with one attached hydrogen (secondary N) is 1. The van der Waals surface area contributed by atoms with Crippen molar-refractivity contribution in [3.05, 3.63) is 24.0 Å². The molecule has 1 atom stereocenters. The molecule has 5 nitrogen and oxygen atoms in total. The third-order valence-electron chi connectivity index (χ3n) is 4.19. The number of rotatable bonds is 3. The van der Waals surface area contributed by atoms with Crippen molar-refractivity contribution in [3.8, 4) is 5.75 Å². The lowest BCUT2D eigenvalue weighted by atomic mass is 10.2. The fourth-order valence-corrected chi connectivity index (χ4v) is 2.72. The lowest BCUT2D eigenvalue weighted by Crippen LogP contribution is -2.45. The molecule has 0 aliphatic carbocycles. The summed E-state index contributed by atoms with van der Waals surface area (Å²) in [5.41, 5.74) is 2.04. The quantitative estimate of drug-likeness (QED) is 0.928. The van der Waals surface area contributed by atoms with Crippen molar-refractivity contribution in [1.82, 2.24) is 19.8 Å². The maximum Gasteiger partial charge on any atom is 0.124 e. The van der Waals surface area contributed by atoms with Crippen LogP contribution in [-0.4, -0.2) is 60.1 Å². The number of hydrogen-bond acceptors (Lipinski definition) is 4. The first-order valence-corrected chi connectivity index (χ1v) is 7.13. The van der Waals surface area contributed by atoms with E-state index in [9.17, 15) is 0 Å². The van der Waals surface area contributed by atoms with E-state index in [-0.39, 0.29) is 0 Å². The van der Waals surface area contributed by atoms with Crippen LogP contribution in [0.1, 0.15) is 18.8 Å². The van der Waals surface area contributed by atoms with E-state index in [1.807, 2.05) is 18.2 Å². The van der Waals surface area contributed by atoms with Gasteiger partial charge in [-0.3, -0.25) is 4.90 Å². The molecule has 1 N–H and O–H groups in total. The lowest BCUT2D eigenvalue weighted by molar-refractivity contribution is 0.116. The van der Waals surface area contributed by atoms with E-state index in [2.05, 4.69) is 28.8 Å². The van der Waals surface area contributed by atoms with Gasteiger partial charge in [-0.25, -0.2) is 4.98 Å². The van der Waals surface area contributed by atoms with Crippen LogP contribution >= 0.6 is 0 Å². The molecule has 2 aromatic rings. The van der Waals surface area contributed by atoms with Crippen molar-refractivity contribution in [2.24, 2.45) is 0 Å². The summed E-state index contributed by atoms with van der Waals surface area (Å²) >= 11 is 0. The van der Waals surface area contributed by atoms with E-state index in [1.165, 1.54) is 0 Å². The Bertz CT molecular complexity index is 587. The zero-order chi connectivity index (χ0) is 14.1. The fourth-order valence-electron chi connectivity index (χ4n) is 2.72. The second kappa shape index (κ2) is 5.42. The van der Waals surface area contributed by atoms with E-state index < -0.39 is 0 Å². The monoisotopic (exact) mass is 274 g/mol. The van der Waals surface area contributed by atoms with Crippen LogP contribution in [0.4, 0.5) is 0 Å². The third-order valence-corrected chi connectivity index (χ3v) is 4.19. The number of H-pyrrole nitrogens is 1. The summed E-state index contributed by atoms with van der Waals surface area (Å²) in [7, 11) is 3.86. The maximum absolute atomic E-state index is 5.26. The Morgan fingerprint density at radius 2 is 2.00 bits per heavy atom. The molecule has 1 fully saturated rings. The van der Waals surface area contributed by atoms with Gasteiger partial charge in [0.25, 0.3) is 0 Å². The summed E-state index contributed by atoms with van der Waals surface area (Å²) in [6.45, 7) is 6.66. The smallest absolute Gasteiger partial charge is 0.124 e. The SMILES string of the molecule is COc1ccc2nc(C(C)N3CCN(C)CC3)[nH]c2c1. The van der Waals surface area contributed by atoms with Gasteiger partial charge in [-0.15, -0.1) is 0 Å². The first-order valence-electron chi connectivity index (χ1n) is 7.13. The summed E-state index contributed by atoms with van der Waals surface area (Å²) in [5, 5.41) is 0. The molecule has 2 heterocycles. The molecule has 0 bridgehead atoms. The maximum atomic E-state index is 5.26. The van der Waals surface area contributed by atoms with Gasteiger partial charge in [0.15, 0.2) is 0 Å². The molecule has 3 rings (SSSR count). The summed E-state index contributed by atoms with van der Waals surface area (Å²) in [6.07, 6.45) is 0. The molecule has 1 unspecified atom stereocenters. The number of hydrogen-bond donors (Lipinski definition) is 1. The highest BCUT2D eigenvalue weighted by Gasteiger charge is 2.22. The van der Waals surface area contributed by atoms with Gasteiger partial charge in [0.2, 0.25) is 0 Å². The molecular weight excluding hydrogens is 252 g/mol. The molecule has 1 saturated heterocycles. The van der Waals surface area contributed by atoms with Crippen molar-refractivity contribution in [1.29, 1.82) is 0 Å². The summed E-state index contributed by atoms with van der Waals surface area (Å²) in [4.78, 5) is 13.0. The molecule has 1 aliphatic heterocycles. The molecular formula is C15H22N4O. The Hall–Kier alpha value is -1.59. The van der Waals surface area contributed by atoms with Crippen molar-refractivity contribution < 1.29 is 4.74 Å². The Balaban J connectivity index is 1.82. The van der Waals surface area contributed by atoms with E-state index in [4.69, 9.17) is 9.72 Å². The minimum absolute atomic E-state index is 0.321. The standard InChI is InChI=1S/C15H22N4O/c1-11(19-8-6-18(2)7-9-19)15-16-13-5-4-12(20-3)10-14(13)17-15/h4-5,10-11H,6-9H2,1-3H3,(H,16,17). The number of benzene rings is 1. The van der Waals surface area contributed by atoms with Crippen LogP contribution in [0, 0.1) is 0 Å². The highest BCUT2D eigenvalue weighted by atomic mass is 16.5. The van der Waals surface area contributed by atoms with Gasteiger partial charge in [0.1, 0.15) is 11.6 Å². The molecule has 0 saturated carbocycles. The number of aromatic amines is 1. The zero-order valence-corrected chi connectivity index (χ0v) is 12.4. The van der Waals surface area contributed by atoms with Crippen molar-refractivity contribution in [2.45, 2.75) is 13.0 Å². The predicted octanol–water partition coefficient (Wildman–Crippen LogP) is 1.88. The highest BCUT2D eigenvalue weighted by molar-refractivity contribution is 5.76. The topological polar surface area (TPSA) is 44.4 Å². The number of imidazole rings is 1. The van der Waals surface area contributed by atoms with Crippen LogP contribution in [0.15, 0.2) is 18.2 Å². The molecule has 0 amide bonds. The van der Waals surface area contributed by atoms with Gasteiger partial charge in [-0.05, 0) is 26.1 Å². The summed E-state index contributed by atoms with van der Waals surface area (Å²) in [6, 6.07) is 6.28. The van der Waals surface area contributed by atoms with Gasteiger partial charge >= 0.3 is 0 Å². The average Bonchev–Trinajstić information content (AvgIpc) is 2.90. The summed E-state index contributed by atoms with van der Waals surface area (Å²) in [5.74, 6) is 1.90. The molecule has 0 radical (unpaired) electrons. The van der Waals surface area contributed by atoms with Gasteiger partial charge in [-0.1, -0.05) is 0 Å². The van der Waals surface area contributed by atoms with E-state index in [0.29, 0.717) is 6.04 Å². The van der Waals surface area contributed by atoms with Crippen molar-refractivity contribution in [3.63, 3.8) is 0 Å². The Labute approximate surface area is 119 Å². The molecule has 20 heavy (non-hydrogen) atoms. The second-order valence-electron chi connectivity index (χ2n) is 5.52. The zero-order valence-electron chi connectivity index (χ0n) is 12.4. The fraction of sp³-hybridized carbons (Fsp3) is 0.533. The number of ether oxygens (including phenoxy) is 1. The second-order valence-corrected chi connectivity index (χ2v) is 5.52. The van der Waals surface area contributed by atoms with Crippen LogP contribution < -0.4 is 4.74 Å². The van der Waals surface area contributed by atoms with E-state index in [0.717, 1.165) is 48.8 Å². The van der Waals surface area contributed by atoms with Gasteiger partial charge in [0, 0.05) is 32.2 Å². The Morgan fingerprint density at radius 1 is 1.25 bits per heavy atom. The minimum Gasteiger partial charge on any atom is -0.497 e. The number of likely N-dealkylation sites (N-methyl/N-ethyl adjacent to an activating group) is 1. The normalized spacial score (nSPS) is 19.4. The number of piperazine rings is 1. The molecule has 0 spiro atoms. The molecule has 1 aromatic carbocycles. The van der Waals surface area contributed by atoms with Crippen molar-refractivity contribution in [2.75, 3.05) is 40.3 Å². The van der Waals surface area contributed by atoms with E-state index in [1.54, 1.807) is 7.11 Å². The number of nitrogens with zero attached hydrogens (tertiary/aromatic N) is 3. The number of fused-ring (bicyclic) bond motifs is 1. The number of aromatic nitrogens is 2. The molecule has 1 aromatic heterocycles. The van der Waals surface area contributed by atoms with Crippen LogP contribution in [0.25, 0.3) is 11.0 Å². The van der Waals surface area contributed by atoms with Crippen LogP contribution in [0.5, 0.6) is 5.75 Å². The minimum atomic E-state index is 0.321. The highest BCUT2D eigenvalue weighted by Crippen LogP contribution is 2.24. The molecule has 1 aliphatic rings. The van der Waals surface area contributed by atoms with Crippen LogP contribution in [0.3, 0.4) is 0 Å². The van der Waals surface area contributed by atoms with E-state index >= 15 is 0 Å². The Kier molecular flexibility index (Phi) is 3.63. The van der Waals surface area contributed by atoms with Gasteiger partial charge < -0.3 is 14.6 Å². The molecule has 5 heteroatoms. The average molecular weight is 274 g/mol. The van der Waals surface area contributed by atoms with Crippen molar-refractivity contribution >= 4 is 11.0 Å². The number of methoxy groups -OCH3 is 1. The van der Waals surface area contributed by atoms with Crippen LogP contribution in [-0.2, 0) is 0 Å². The lowest BCUT2D eigenvalue weighted by Gasteiger charge is -2.35. The van der Waals surface area contributed by atoms with Gasteiger partial charge in [0.05, 0.1) is 24.2 Å². The molecule has 108 valence electrons. The van der Waals surface area contributed by atoms with Crippen LogP contribution in [0.2, 0.25) is 0 Å². The predicted molar refractivity (Wildman–Crippen MR) is 80.1 cm³/mol. The largest absolute Gasteiger partial charge is 0.497 e. The Morgan fingerprint density at radius 3 is 2.70 bits per heavy atom. The first kappa shape index (κ1) is 13.4. The third kappa shape index (κ3) is 2.51. The summed E-state index contributed by atoms with van der Waals surface area (Å²) < 4.78 is 5.26. The first-order chi connectivity index (χ1) is 9.67.